The monoisotopic (exact) mass is 432 g/mol. The Kier molecular flexibility index (Phi) is 6.62. The second-order valence-electron chi connectivity index (χ2n) is 8.42. The smallest absolute Gasteiger partial charge is 0.271 e. The van der Waals surface area contributed by atoms with Crippen LogP contribution >= 0.6 is 11.3 Å². The van der Waals surface area contributed by atoms with Crippen molar-refractivity contribution >= 4 is 29.2 Å². The number of hydrogen-bond donors (Lipinski definition) is 0. The fourth-order valence-corrected chi connectivity index (χ4v) is 4.57. The minimum atomic E-state index is -0.511. The Labute approximate surface area is 188 Å². The molecule has 0 unspecified atom stereocenters. The van der Waals surface area contributed by atoms with Gasteiger partial charge in [-0.15, -0.1) is 11.3 Å². The summed E-state index contributed by atoms with van der Waals surface area (Å²) in [7, 11) is 0. The summed E-state index contributed by atoms with van der Waals surface area (Å²) in [5.41, 5.74) is 4.69. The third kappa shape index (κ3) is 4.40. The van der Waals surface area contributed by atoms with E-state index >= 15 is 0 Å². The van der Waals surface area contributed by atoms with Crippen molar-refractivity contribution in [2.45, 2.75) is 53.4 Å². The predicted molar refractivity (Wildman–Crippen MR) is 127 cm³/mol. The molecule has 0 spiro atoms. The third-order valence-corrected chi connectivity index (χ3v) is 6.73. The molecule has 5 heteroatoms. The summed E-state index contributed by atoms with van der Waals surface area (Å²) >= 11 is 1.61. The highest BCUT2D eigenvalue weighted by atomic mass is 32.1. The van der Waals surface area contributed by atoms with E-state index in [0.29, 0.717) is 23.0 Å². The first-order chi connectivity index (χ1) is 14.7. The summed E-state index contributed by atoms with van der Waals surface area (Å²) in [5.74, 6) is 0.0216. The fraction of sp³-hybridized carbons (Fsp3) is 0.346. The van der Waals surface area contributed by atoms with E-state index < -0.39 is 5.91 Å². The number of rotatable bonds is 5. The van der Waals surface area contributed by atoms with Crippen molar-refractivity contribution in [3.8, 4) is 16.5 Å². The van der Waals surface area contributed by atoms with E-state index in [1.54, 1.807) is 31.3 Å². The molecule has 0 radical (unpaired) electrons. The van der Waals surface area contributed by atoms with E-state index in [4.69, 9.17) is 0 Å². The van der Waals surface area contributed by atoms with Crippen molar-refractivity contribution in [1.82, 2.24) is 4.90 Å². The molecule has 160 valence electrons. The van der Waals surface area contributed by atoms with E-state index in [9.17, 15) is 14.9 Å². The molecule has 0 aliphatic carbocycles. The molecule has 31 heavy (non-hydrogen) atoms. The largest absolute Gasteiger partial charge is 0.274 e. The average molecular weight is 433 g/mol. The normalized spacial score (nSPS) is 16.1. The van der Waals surface area contributed by atoms with Crippen LogP contribution in [0, 0.1) is 11.3 Å². The van der Waals surface area contributed by atoms with Crippen LogP contribution in [0.25, 0.3) is 16.5 Å². The number of imide groups is 1. The van der Waals surface area contributed by atoms with Crippen molar-refractivity contribution in [3.63, 3.8) is 0 Å². The van der Waals surface area contributed by atoms with Gasteiger partial charge in [0.15, 0.2) is 0 Å². The second kappa shape index (κ2) is 9.03. The zero-order valence-corrected chi connectivity index (χ0v) is 19.8. The van der Waals surface area contributed by atoms with Gasteiger partial charge in [0.05, 0.1) is 0 Å². The first kappa shape index (κ1) is 22.7. The maximum Gasteiger partial charge on any atom is 0.271 e. The van der Waals surface area contributed by atoms with Crippen LogP contribution in [0.4, 0.5) is 0 Å². The van der Waals surface area contributed by atoms with E-state index in [-0.39, 0.29) is 18.0 Å². The van der Waals surface area contributed by atoms with Crippen LogP contribution in [-0.4, -0.2) is 23.3 Å². The second-order valence-corrected chi connectivity index (χ2v) is 9.54. The Morgan fingerprint density at radius 1 is 1.03 bits per heavy atom. The van der Waals surface area contributed by atoms with E-state index in [1.165, 1.54) is 16.7 Å². The lowest BCUT2D eigenvalue weighted by atomic mass is 9.93. The lowest BCUT2D eigenvalue weighted by Crippen LogP contribution is -2.42. The number of carbonyl (C=O) groups is 2. The standard InChI is InChI=1S/C26H28N2O2S/c1-7-28-25(29)22(17(6)23(14-27)26(28)30)13-21-8-9-24(31-21)20-11-18(15(2)3)10-19(12-20)16(4)5/h8-13,15-16H,7H2,1-6H3/b22-13-. The summed E-state index contributed by atoms with van der Waals surface area (Å²) in [6.07, 6.45) is 1.80. The molecule has 2 heterocycles. The molecular weight excluding hydrogens is 404 g/mol. The number of benzene rings is 1. The molecule has 1 aliphatic heterocycles. The van der Waals surface area contributed by atoms with Crippen molar-refractivity contribution in [1.29, 1.82) is 5.26 Å². The summed E-state index contributed by atoms with van der Waals surface area (Å²) in [6.45, 7) is 12.4. The molecule has 0 atom stereocenters. The number of nitriles is 1. The molecule has 0 saturated heterocycles. The zero-order valence-electron chi connectivity index (χ0n) is 18.9. The van der Waals surface area contributed by atoms with Gasteiger partial charge in [0.25, 0.3) is 11.8 Å². The SMILES string of the molecule is CCN1C(=O)C(C#N)=C(C)/C(=C/c2ccc(-c3cc(C(C)C)cc(C(C)C)c3)s2)C1=O. The molecule has 1 aromatic carbocycles. The molecule has 1 aromatic heterocycles. The van der Waals surface area contributed by atoms with Gasteiger partial charge >= 0.3 is 0 Å². The Morgan fingerprint density at radius 3 is 2.16 bits per heavy atom. The molecule has 2 amide bonds. The van der Waals surface area contributed by atoms with E-state index in [0.717, 1.165) is 14.7 Å². The molecule has 3 rings (SSSR count). The molecule has 2 aromatic rings. The lowest BCUT2D eigenvalue weighted by Gasteiger charge is -2.26. The molecule has 0 fully saturated rings. The van der Waals surface area contributed by atoms with Crippen LogP contribution in [0.15, 0.2) is 47.1 Å². The van der Waals surface area contributed by atoms with Gasteiger partial charge in [-0.1, -0.05) is 45.9 Å². The highest BCUT2D eigenvalue weighted by Crippen LogP contribution is 2.35. The summed E-state index contributed by atoms with van der Waals surface area (Å²) in [4.78, 5) is 28.4. The van der Waals surface area contributed by atoms with Gasteiger partial charge in [0.2, 0.25) is 0 Å². The van der Waals surface area contributed by atoms with Crippen LogP contribution in [0.2, 0.25) is 0 Å². The quantitative estimate of drug-likeness (QED) is 0.413. The summed E-state index contributed by atoms with van der Waals surface area (Å²) in [6, 6.07) is 12.8. The van der Waals surface area contributed by atoms with Crippen LogP contribution in [0.1, 0.15) is 69.4 Å². The highest BCUT2D eigenvalue weighted by Gasteiger charge is 2.34. The topological polar surface area (TPSA) is 61.2 Å². The minimum Gasteiger partial charge on any atom is -0.274 e. The number of amides is 2. The lowest BCUT2D eigenvalue weighted by molar-refractivity contribution is -0.140. The van der Waals surface area contributed by atoms with Crippen molar-refractivity contribution in [3.05, 3.63) is 63.1 Å². The Balaban J connectivity index is 2.06. The molecular formula is C26H28N2O2S. The summed E-state index contributed by atoms with van der Waals surface area (Å²) < 4.78 is 0. The van der Waals surface area contributed by atoms with Crippen LogP contribution < -0.4 is 0 Å². The minimum absolute atomic E-state index is 0.0377. The highest BCUT2D eigenvalue weighted by molar-refractivity contribution is 7.16. The molecule has 0 saturated carbocycles. The number of thiophene rings is 1. The number of nitrogens with zero attached hydrogens (tertiary/aromatic N) is 2. The van der Waals surface area contributed by atoms with Crippen LogP contribution in [0.3, 0.4) is 0 Å². The van der Waals surface area contributed by atoms with Gasteiger partial charge in [0.1, 0.15) is 11.6 Å². The van der Waals surface area contributed by atoms with Crippen LogP contribution in [0.5, 0.6) is 0 Å². The van der Waals surface area contributed by atoms with Crippen LogP contribution in [-0.2, 0) is 9.59 Å². The van der Waals surface area contributed by atoms with Gasteiger partial charge in [-0.25, -0.2) is 0 Å². The maximum absolute atomic E-state index is 12.9. The Morgan fingerprint density at radius 2 is 1.65 bits per heavy atom. The van der Waals surface area contributed by atoms with Crippen molar-refractivity contribution in [2.75, 3.05) is 6.54 Å². The molecule has 0 N–H and O–H groups in total. The molecule has 4 nitrogen and oxygen atoms in total. The number of hydrogen-bond acceptors (Lipinski definition) is 4. The number of carbonyl (C=O) groups excluding carboxylic acids is 2. The zero-order chi connectivity index (χ0) is 22.9. The van der Waals surface area contributed by atoms with Crippen molar-refractivity contribution in [2.24, 2.45) is 0 Å². The van der Waals surface area contributed by atoms with Gasteiger partial charge < -0.3 is 0 Å². The van der Waals surface area contributed by atoms with Crippen molar-refractivity contribution < 1.29 is 9.59 Å². The Bertz CT molecular complexity index is 1120. The predicted octanol–water partition coefficient (Wildman–Crippen LogP) is 6.27. The number of likely N-dealkylation sites (N-methyl/N-ethyl adjacent to an activating group) is 1. The fourth-order valence-electron chi connectivity index (χ4n) is 3.63. The average Bonchev–Trinajstić information content (AvgIpc) is 3.20. The van der Waals surface area contributed by atoms with Gasteiger partial charge in [-0.3, -0.25) is 14.5 Å². The maximum atomic E-state index is 12.9. The first-order valence-electron chi connectivity index (χ1n) is 10.6. The van der Waals surface area contributed by atoms with Gasteiger partial charge in [0, 0.05) is 21.9 Å². The van der Waals surface area contributed by atoms with E-state index in [1.807, 2.05) is 12.1 Å². The molecule has 1 aliphatic rings. The van der Waals surface area contributed by atoms with Gasteiger partial charge in [-0.2, -0.15) is 5.26 Å². The van der Waals surface area contributed by atoms with Gasteiger partial charge in [-0.05, 0) is 66.2 Å². The molecule has 0 bridgehead atoms. The Hall–Kier alpha value is -2.97. The first-order valence-corrected chi connectivity index (χ1v) is 11.4. The third-order valence-electron chi connectivity index (χ3n) is 5.65. The summed E-state index contributed by atoms with van der Waals surface area (Å²) in [5, 5.41) is 9.42. The van der Waals surface area contributed by atoms with E-state index in [2.05, 4.69) is 52.0 Å².